The largest absolute Gasteiger partial charge is 0.383 e. The number of hydrogen-bond donors (Lipinski definition) is 1. The van der Waals surface area contributed by atoms with E-state index < -0.39 is 6.10 Å². The summed E-state index contributed by atoms with van der Waals surface area (Å²) in [6, 6.07) is 0. The molecular weight excluding hydrogens is 218 g/mol. The van der Waals surface area contributed by atoms with Crippen LogP contribution in [0.5, 0.6) is 0 Å². The second-order valence-corrected chi connectivity index (χ2v) is 5.68. The maximum absolute atomic E-state index is 10.3. The van der Waals surface area contributed by atoms with Gasteiger partial charge in [-0.3, -0.25) is 0 Å². The fraction of sp³-hybridized carbons (Fsp3) is 0.615. The molecular formula is C13H19NOS. The van der Waals surface area contributed by atoms with Gasteiger partial charge in [-0.05, 0) is 38.2 Å². The molecule has 0 bridgehead atoms. The highest BCUT2D eigenvalue weighted by atomic mass is 32.1. The van der Waals surface area contributed by atoms with Crippen LogP contribution in [0.25, 0.3) is 0 Å². The van der Waals surface area contributed by atoms with Crippen LogP contribution >= 0.6 is 11.3 Å². The van der Waals surface area contributed by atoms with Crippen molar-refractivity contribution in [2.75, 3.05) is 0 Å². The molecule has 1 aliphatic carbocycles. The summed E-state index contributed by atoms with van der Waals surface area (Å²) in [5, 5.41) is 11.3. The lowest BCUT2D eigenvalue weighted by Crippen LogP contribution is -2.01. The molecule has 0 saturated carbocycles. The Balaban J connectivity index is 2.09. The third kappa shape index (κ3) is 2.92. The van der Waals surface area contributed by atoms with Crippen LogP contribution in [0.3, 0.4) is 0 Å². The Morgan fingerprint density at radius 1 is 1.31 bits per heavy atom. The first-order valence-corrected chi connectivity index (χ1v) is 6.88. The van der Waals surface area contributed by atoms with Crippen molar-refractivity contribution in [3.63, 3.8) is 0 Å². The molecule has 16 heavy (non-hydrogen) atoms. The van der Waals surface area contributed by atoms with E-state index in [9.17, 15) is 5.11 Å². The molecule has 0 spiro atoms. The SMILES string of the molecule is Cc1ncc(C(O)/C2=C/CCCCCC2)s1. The number of aryl methyl sites for hydroxylation is 1. The average molecular weight is 237 g/mol. The molecule has 3 heteroatoms. The van der Waals surface area contributed by atoms with Gasteiger partial charge in [-0.2, -0.15) is 0 Å². The lowest BCUT2D eigenvalue weighted by molar-refractivity contribution is 0.213. The molecule has 0 aliphatic heterocycles. The van der Waals surface area contributed by atoms with Crippen LogP contribution in [0.15, 0.2) is 17.8 Å². The van der Waals surface area contributed by atoms with E-state index in [1.54, 1.807) is 11.3 Å². The van der Waals surface area contributed by atoms with Crippen LogP contribution in [-0.4, -0.2) is 10.1 Å². The lowest BCUT2D eigenvalue weighted by Gasteiger charge is -2.15. The van der Waals surface area contributed by atoms with Crippen molar-refractivity contribution >= 4 is 11.3 Å². The number of rotatable bonds is 2. The Bertz CT molecular complexity index is 370. The molecule has 0 radical (unpaired) electrons. The molecule has 0 saturated heterocycles. The fourth-order valence-electron chi connectivity index (χ4n) is 2.15. The Morgan fingerprint density at radius 2 is 2.12 bits per heavy atom. The van der Waals surface area contributed by atoms with Gasteiger partial charge in [-0.1, -0.05) is 18.9 Å². The smallest absolute Gasteiger partial charge is 0.111 e. The monoisotopic (exact) mass is 237 g/mol. The summed E-state index contributed by atoms with van der Waals surface area (Å²) in [6.07, 6.45) is 10.9. The molecule has 0 aromatic carbocycles. The Labute approximate surface area is 101 Å². The second kappa shape index (κ2) is 5.60. The predicted octanol–water partition coefficient (Wildman–Crippen LogP) is 3.77. The normalized spacial score (nSPS) is 23.0. The highest BCUT2D eigenvalue weighted by molar-refractivity contribution is 7.11. The van der Waals surface area contributed by atoms with Crippen LogP contribution in [0, 0.1) is 6.92 Å². The Kier molecular flexibility index (Phi) is 4.13. The van der Waals surface area contributed by atoms with Gasteiger partial charge in [-0.25, -0.2) is 4.98 Å². The van der Waals surface area contributed by atoms with E-state index in [4.69, 9.17) is 0 Å². The topological polar surface area (TPSA) is 33.1 Å². The molecule has 88 valence electrons. The minimum Gasteiger partial charge on any atom is -0.383 e. The van der Waals surface area contributed by atoms with Crippen LogP contribution in [0.2, 0.25) is 0 Å². The van der Waals surface area contributed by atoms with Crippen molar-refractivity contribution in [1.82, 2.24) is 4.98 Å². The van der Waals surface area contributed by atoms with E-state index in [1.165, 1.54) is 31.3 Å². The maximum Gasteiger partial charge on any atom is 0.111 e. The molecule has 1 aromatic heterocycles. The first-order valence-electron chi connectivity index (χ1n) is 6.06. The number of aliphatic hydroxyl groups is 1. The third-order valence-corrected chi connectivity index (χ3v) is 4.05. The summed E-state index contributed by atoms with van der Waals surface area (Å²) in [4.78, 5) is 5.20. The zero-order valence-electron chi connectivity index (χ0n) is 9.78. The molecule has 1 atom stereocenters. The average Bonchev–Trinajstić information content (AvgIpc) is 2.63. The zero-order valence-corrected chi connectivity index (χ0v) is 10.6. The summed E-state index contributed by atoms with van der Waals surface area (Å²) < 4.78 is 0. The van der Waals surface area contributed by atoms with Crippen molar-refractivity contribution in [3.8, 4) is 0 Å². The standard InChI is InChI=1S/C13H19NOS/c1-10-14-9-12(16-10)13(15)11-7-5-3-2-4-6-8-11/h7,9,13,15H,2-6,8H2,1H3/b11-7+. The summed E-state index contributed by atoms with van der Waals surface area (Å²) >= 11 is 1.60. The van der Waals surface area contributed by atoms with Crippen molar-refractivity contribution in [2.45, 2.75) is 51.6 Å². The minimum absolute atomic E-state index is 0.413. The summed E-state index contributed by atoms with van der Waals surface area (Å²) in [7, 11) is 0. The molecule has 2 nitrogen and oxygen atoms in total. The third-order valence-electron chi connectivity index (χ3n) is 3.09. The number of nitrogens with zero attached hydrogens (tertiary/aromatic N) is 1. The molecule has 0 amide bonds. The quantitative estimate of drug-likeness (QED) is 0.794. The van der Waals surface area contributed by atoms with Gasteiger partial charge in [0.1, 0.15) is 6.10 Å². The zero-order chi connectivity index (χ0) is 11.4. The van der Waals surface area contributed by atoms with Crippen molar-refractivity contribution < 1.29 is 5.11 Å². The molecule has 1 aliphatic rings. The van der Waals surface area contributed by atoms with Gasteiger partial charge in [0.25, 0.3) is 0 Å². The number of aromatic nitrogens is 1. The number of thiazole rings is 1. The lowest BCUT2D eigenvalue weighted by atomic mass is 9.96. The van der Waals surface area contributed by atoms with Crippen LogP contribution in [0.1, 0.15) is 54.5 Å². The van der Waals surface area contributed by atoms with Crippen LogP contribution in [-0.2, 0) is 0 Å². The first kappa shape index (κ1) is 11.8. The highest BCUT2D eigenvalue weighted by Crippen LogP contribution is 2.31. The van der Waals surface area contributed by atoms with Crippen LogP contribution in [0.4, 0.5) is 0 Å². The molecule has 1 aromatic rings. The van der Waals surface area contributed by atoms with Crippen LogP contribution < -0.4 is 0 Å². The molecule has 2 rings (SSSR count). The van der Waals surface area contributed by atoms with Crippen molar-refractivity contribution in [1.29, 1.82) is 0 Å². The van der Waals surface area contributed by atoms with E-state index >= 15 is 0 Å². The minimum atomic E-state index is -0.413. The van der Waals surface area contributed by atoms with E-state index in [-0.39, 0.29) is 0 Å². The fourth-order valence-corrected chi connectivity index (χ4v) is 2.97. The summed E-state index contributed by atoms with van der Waals surface area (Å²) in [6.45, 7) is 1.98. The number of hydrogen-bond acceptors (Lipinski definition) is 3. The van der Waals surface area contributed by atoms with Gasteiger partial charge in [0, 0.05) is 6.20 Å². The Morgan fingerprint density at radius 3 is 2.88 bits per heavy atom. The Hall–Kier alpha value is -0.670. The highest BCUT2D eigenvalue weighted by Gasteiger charge is 2.16. The maximum atomic E-state index is 10.3. The van der Waals surface area contributed by atoms with E-state index in [2.05, 4.69) is 11.1 Å². The van der Waals surface area contributed by atoms with Gasteiger partial charge < -0.3 is 5.11 Å². The number of allylic oxidation sites excluding steroid dienone is 1. The van der Waals surface area contributed by atoms with Gasteiger partial charge in [0.05, 0.1) is 9.88 Å². The van der Waals surface area contributed by atoms with E-state index in [0.29, 0.717) is 0 Å². The second-order valence-electron chi connectivity index (χ2n) is 4.42. The van der Waals surface area contributed by atoms with E-state index in [1.807, 2.05) is 13.1 Å². The molecule has 1 unspecified atom stereocenters. The summed E-state index contributed by atoms with van der Waals surface area (Å²) in [5.41, 5.74) is 1.20. The predicted molar refractivity (Wildman–Crippen MR) is 67.6 cm³/mol. The van der Waals surface area contributed by atoms with E-state index in [0.717, 1.165) is 22.7 Å². The van der Waals surface area contributed by atoms with Gasteiger partial charge in [0.15, 0.2) is 0 Å². The number of aliphatic hydroxyl groups excluding tert-OH is 1. The van der Waals surface area contributed by atoms with Crippen molar-refractivity contribution in [2.24, 2.45) is 0 Å². The van der Waals surface area contributed by atoms with Gasteiger partial charge in [-0.15, -0.1) is 11.3 Å². The van der Waals surface area contributed by atoms with Gasteiger partial charge in [0.2, 0.25) is 0 Å². The molecule has 0 fully saturated rings. The molecule has 1 heterocycles. The van der Waals surface area contributed by atoms with Gasteiger partial charge >= 0.3 is 0 Å². The molecule has 1 N–H and O–H groups in total. The van der Waals surface area contributed by atoms with Crippen molar-refractivity contribution in [3.05, 3.63) is 27.7 Å². The first-order chi connectivity index (χ1) is 7.77. The summed E-state index contributed by atoms with van der Waals surface area (Å²) in [5.74, 6) is 0.